The van der Waals surface area contributed by atoms with Gasteiger partial charge in [0.1, 0.15) is 18.1 Å². The van der Waals surface area contributed by atoms with Crippen LogP contribution in [0.25, 0.3) is 0 Å². The van der Waals surface area contributed by atoms with E-state index in [1.165, 1.54) is 16.8 Å². The number of carbonyl (C=O) groups excluding carboxylic acids is 1. The average Bonchev–Trinajstić information content (AvgIpc) is 2.92. The summed E-state index contributed by atoms with van der Waals surface area (Å²) in [6.07, 6.45) is 6.29. The molecule has 1 aliphatic heterocycles. The van der Waals surface area contributed by atoms with Crippen molar-refractivity contribution in [1.29, 1.82) is 0 Å². The molecule has 0 saturated heterocycles. The zero-order valence-electron chi connectivity index (χ0n) is 19.7. The zero-order valence-corrected chi connectivity index (χ0v) is 21.3. The largest absolute Gasteiger partial charge is 0.497 e. The smallest absolute Gasteiger partial charge is 0.355 e. The Bertz CT molecular complexity index is 1250. The van der Waals surface area contributed by atoms with Crippen LogP contribution in [0, 0.1) is 0 Å². The normalized spacial score (nSPS) is 17.5. The van der Waals surface area contributed by atoms with Crippen molar-refractivity contribution in [2.75, 3.05) is 12.0 Å². The van der Waals surface area contributed by atoms with Crippen molar-refractivity contribution >= 4 is 27.6 Å². The molecular formula is C30H28BrNO3. The summed E-state index contributed by atoms with van der Waals surface area (Å²) in [7, 11) is 1.66. The molecule has 0 unspecified atom stereocenters. The monoisotopic (exact) mass is 529 g/mol. The second-order valence-electron chi connectivity index (χ2n) is 8.86. The van der Waals surface area contributed by atoms with Gasteiger partial charge >= 0.3 is 5.97 Å². The molecule has 178 valence electrons. The van der Waals surface area contributed by atoms with Gasteiger partial charge < -0.3 is 14.4 Å². The van der Waals surface area contributed by atoms with Gasteiger partial charge in [0.05, 0.1) is 7.11 Å². The van der Waals surface area contributed by atoms with Crippen LogP contribution < -0.4 is 9.64 Å². The van der Waals surface area contributed by atoms with Crippen LogP contribution in [0.4, 0.5) is 5.69 Å². The summed E-state index contributed by atoms with van der Waals surface area (Å²) in [5, 5.41) is 0. The van der Waals surface area contributed by atoms with Crippen LogP contribution in [-0.4, -0.2) is 13.1 Å². The van der Waals surface area contributed by atoms with Crippen molar-refractivity contribution in [3.8, 4) is 5.75 Å². The van der Waals surface area contributed by atoms with Gasteiger partial charge in [-0.25, -0.2) is 4.79 Å². The molecule has 0 amide bonds. The van der Waals surface area contributed by atoms with Crippen LogP contribution in [0.3, 0.4) is 0 Å². The number of rotatable bonds is 6. The third-order valence-corrected chi connectivity index (χ3v) is 7.20. The summed E-state index contributed by atoms with van der Waals surface area (Å²) in [6.45, 7) is 0.238. The molecule has 0 bridgehead atoms. The predicted octanol–water partition coefficient (Wildman–Crippen LogP) is 7.52. The van der Waals surface area contributed by atoms with E-state index >= 15 is 0 Å². The third-order valence-electron chi connectivity index (χ3n) is 6.67. The molecular weight excluding hydrogens is 502 g/mol. The highest BCUT2D eigenvalue weighted by atomic mass is 79.9. The molecule has 3 aromatic carbocycles. The molecule has 0 N–H and O–H groups in total. The van der Waals surface area contributed by atoms with Gasteiger partial charge in [-0.05, 0) is 84.9 Å². The summed E-state index contributed by atoms with van der Waals surface area (Å²) in [5.74, 6) is 0.518. The Morgan fingerprint density at radius 3 is 2.37 bits per heavy atom. The Morgan fingerprint density at radius 1 is 0.943 bits per heavy atom. The number of halogens is 1. The summed E-state index contributed by atoms with van der Waals surface area (Å²) in [5.41, 5.74) is 6.26. The maximum Gasteiger partial charge on any atom is 0.355 e. The maximum absolute atomic E-state index is 13.6. The van der Waals surface area contributed by atoms with Gasteiger partial charge in [-0.1, -0.05) is 58.4 Å². The van der Waals surface area contributed by atoms with E-state index in [-0.39, 0.29) is 18.5 Å². The number of hydrogen-bond acceptors (Lipinski definition) is 4. The average molecular weight is 530 g/mol. The molecule has 1 heterocycles. The first-order chi connectivity index (χ1) is 17.1. The zero-order chi connectivity index (χ0) is 24.2. The topological polar surface area (TPSA) is 38.8 Å². The molecule has 1 aliphatic carbocycles. The number of allylic oxidation sites excluding steroid dienone is 3. The van der Waals surface area contributed by atoms with Crippen LogP contribution in [0.2, 0.25) is 0 Å². The fourth-order valence-corrected chi connectivity index (χ4v) is 5.20. The number of anilines is 1. The maximum atomic E-state index is 13.6. The highest BCUT2D eigenvalue weighted by Crippen LogP contribution is 2.45. The van der Waals surface area contributed by atoms with Crippen LogP contribution >= 0.6 is 15.9 Å². The predicted molar refractivity (Wildman–Crippen MR) is 142 cm³/mol. The molecule has 0 spiro atoms. The number of nitrogens with zero attached hydrogens (tertiary/aromatic N) is 1. The van der Waals surface area contributed by atoms with Crippen molar-refractivity contribution in [3.05, 3.63) is 118 Å². The van der Waals surface area contributed by atoms with E-state index in [0.29, 0.717) is 5.70 Å². The molecule has 1 atom stereocenters. The van der Waals surface area contributed by atoms with Crippen LogP contribution in [-0.2, 0) is 16.1 Å². The Hall–Kier alpha value is -3.31. The molecule has 0 aromatic heterocycles. The van der Waals surface area contributed by atoms with Gasteiger partial charge in [0.25, 0.3) is 0 Å². The number of methoxy groups -OCH3 is 1. The third kappa shape index (κ3) is 5.06. The van der Waals surface area contributed by atoms with E-state index < -0.39 is 0 Å². The molecule has 4 nitrogen and oxygen atoms in total. The molecule has 5 rings (SSSR count). The minimum Gasteiger partial charge on any atom is -0.497 e. The van der Waals surface area contributed by atoms with Gasteiger partial charge in [-0.2, -0.15) is 0 Å². The van der Waals surface area contributed by atoms with Gasteiger partial charge in [0.2, 0.25) is 0 Å². The second-order valence-corrected chi connectivity index (χ2v) is 9.77. The Kier molecular flexibility index (Phi) is 7.05. The van der Waals surface area contributed by atoms with Crippen LogP contribution in [0.15, 0.2) is 106 Å². The minimum absolute atomic E-state index is 0.0483. The molecule has 3 aromatic rings. The lowest BCUT2D eigenvalue weighted by Crippen LogP contribution is -2.34. The Labute approximate surface area is 215 Å². The standard InChI is InChI=1S/C30H28BrNO3/c1-34-25-17-15-24(16-18-25)32-28-10-6-5-9-26(28)27(22-11-13-23(31)14-12-22)19-29(32)30(33)35-20-21-7-3-2-4-8-21/h2-4,7-8,11-19,27H,5-6,9-10,20H2,1H3/t27-/m1/s1. The van der Waals surface area contributed by atoms with E-state index in [0.717, 1.165) is 47.2 Å². The van der Waals surface area contributed by atoms with Crippen molar-refractivity contribution in [3.63, 3.8) is 0 Å². The van der Waals surface area contributed by atoms with E-state index in [1.54, 1.807) is 7.11 Å². The van der Waals surface area contributed by atoms with Crippen molar-refractivity contribution in [2.24, 2.45) is 0 Å². The fraction of sp³-hybridized carbons (Fsp3) is 0.233. The minimum atomic E-state index is -0.316. The first kappa shape index (κ1) is 23.4. The van der Waals surface area contributed by atoms with E-state index in [1.807, 2.05) is 54.6 Å². The lowest BCUT2D eigenvalue weighted by Gasteiger charge is -2.39. The van der Waals surface area contributed by atoms with Crippen LogP contribution in [0.5, 0.6) is 5.75 Å². The van der Waals surface area contributed by atoms with Crippen LogP contribution in [0.1, 0.15) is 42.7 Å². The first-order valence-corrected chi connectivity index (χ1v) is 12.8. The number of carbonyl (C=O) groups is 1. The SMILES string of the molecule is COc1ccc(N2C(C(=O)OCc3ccccc3)=C[C@H](c3ccc(Br)cc3)C3=C2CCCC3)cc1. The molecule has 35 heavy (non-hydrogen) atoms. The van der Waals surface area contributed by atoms with E-state index in [2.05, 4.69) is 51.2 Å². The quantitative estimate of drug-likeness (QED) is 0.309. The molecule has 0 radical (unpaired) electrons. The molecule has 2 aliphatic rings. The van der Waals surface area contributed by atoms with E-state index in [4.69, 9.17) is 9.47 Å². The number of benzene rings is 3. The summed E-state index contributed by atoms with van der Waals surface area (Å²) >= 11 is 3.55. The highest BCUT2D eigenvalue weighted by molar-refractivity contribution is 9.10. The van der Waals surface area contributed by atoms with Crippen molar-refractivity contribution < 1.29 is 14.3 Å². The lowest BCUT2D eigenvalue weighted by molar-refractivity contribution is -0.140. The Balaban J connectivity index is 1.56. The summed E-state index contributed by atoms with van der Waals surface area (Å²) in [6, 6.07) is 26.1. The number of esters is 1. The molecule has 0 fully saturated rings. The highest BCUT2D eigenvalue weighted by Gasteiger charge is 2.35. The van der Waals surface area contributed by atoms with Crippen molar-refractivity contribution in [2.45, 2.75) is 38.2 Å². The molecule has 5 heteroatoms. The Morgan fingerprint density at radius 2 is 1.66 bits per heavy atom. The van der Waals surface area contributed by atoms with Gasteiger partial charge in [0.15, 0.2) is 0 Å². The van der Waals surface area contributed by atoms with Gasteiger partial charge in [0, 0.05) is 21.8 Å². The van der Waals surface area contributed by atoms with Gasteiger partial charge in [-0.15, -0.1) is 0 Å². The van der Waals surface area contributed by atoms with Crippen molar-refractivity contribution in [1.82, 2.24) is 0 Å². The second kappa shape index (κ2) is 10.5. The fourth-order valence-electron chi connectivity index (χ4n) is 4.93. The van der Waals surface area contributed by atoms with E-state index in [9.17, 15) is 4.79 Å². The lowest BCUT2D eigenvalue weighted by atomic mass is 9.79. The number of hydrogen-bond donors (Lipinski definition) is 0. The summed E-state index contributed by atoms with van der Waals surface area (Å²) < 4.78 is 12.3. The van der Waals surface area contributed by atoms with Gasteiger partial charge in [-0.3, -0.25) is 0 Å². The molecule has 0 saturated carbocycles. The number of ether oxygens (including phenoxy) is 2. The summed E-state index contributed by atoms with van der Waals surface area (Å²) in [4.78, 5) is 15.7. The first-order valence-electron chi connectivity index (χ1n) is 12.0.